The molecule has 22 heavy (non-hydrogen) atoms. The Morgan fingerprint density at radius 2 is 2.05 bits per heavy atom. The molecule has 2 atom stereocenters. The first-order chi connectivity index (χ1) is 10.7. The maximum absolute atomic E-state index is 12.6. The fourth-order valence-corrected chi connectivity index (χ4v) is 3.26. The van der Waals surface area contributed by atoms with Gasteiger partial charge in [-0.2, -0.15) is 0 Å². The summed E-state index contributed by atoms with van der Waals surface area (Å²) in [5.74, 6) is -0.0209. The van der Waals surface area contributed by atoms with Crippen molar-refractivity contribution in [2.24, 2.45) is 11.8 Å². The number of hydrogen-bond donors (Lipinski definition) is 0. The monoisotopic (exact) mass is 298 g/mol. The fraction of sp³-hybridized carbons (Fsp3) is 0.333. The molecule has 0 bridgehead atoms. The summed E-state index contributed by atoms with van der Waals surface area (Å²) >= 11 is 0. The number of anilines is 1. The van der Waals surface area contributed by atoms with Crippen LogP contribution in [0.2, 0.25) is 0 Å². The lowest BCUT2D eigenvalue weighted by Gasteiger charge is -2.21. The molecule has 4 heterocycles. The summed E-state index contributed by atoms with van der Waals surface area (Å²) in [7, 11) is 0. The Kier molecular flexibility index (Phi) is 2.92. The van der Waals surface area contributed by atoms with Gasteiger partial charge in [-0.15, -0.1) is 0 Å². The maximum Gasteiger partial charge on any atom is 0.257 e. The third-order valence-corrected chi connectivity index (χ3v) is 4.36. The van der Waals surface area contributed by atoms with Crippen molar-refractivity contribution < 1.29 is 14.0 Å². The summed E-state index contributed by atoms with van der Waals surface area (Å²) in [6.07, 6.45) is 7.63. The Morgan fingerprint density at radius 1 is 1.23 bits per heavy atom. The van der Waals surface area contributed by atoms with E-state index in [1.54, 1.807) is 28.3 Å². The zero-order chi connectivity index (χ0) is 15.1. The van der Waals surface area contributed by atoms with Gasteiger partial charge in [0.25, 0.3) is 5.91 Å². The molecule has 2 saturated heterocycles. The number of carbonyl (C=O) groups is 2. The molecule has 0 unspecified atom stereocenters. The molecule has 112 valence electrons. The van der Waals surface area contributed by atoms with Crippen LogP contribution in [0.3, 0.4) is 0 Å². The second kappa shape index (κ2) is 4.94. The number of amides is 2. The van der Waals surface area contributed by atoms with E-state index in [2.05, 4.69) is 9.97 Å². The van der Waals surface area contributed by atoms with Crippen LogP contribution in [0, 0.1) is 11.8 Å². The van der Waals surface area contributed by atoms with Gasteiger partial charge in [-0.1, -0.05) is 0 Å². The van der Waals surface area contributed by atoms with Crippen LogP contribution in [-0.2, 0) is 4.79 Å². The van der Waals surface area contributed by atoms with E-state index in [1.165, 1.54) is 18.9 Å². The average Bonchev–Trinajstić information content (AvgIpc) is 3.25. The van der Waals surface area contributed by atoms with Gasteiger partial charge in [0, 0.05) is 25.6 Å². The number of likely N-dealkylation sites (tertiary alicyclic amines) is 1. The number of rotatable bonds is 2. The Hall–Kier alpha value is -2.70. The largest absolute Gasteiger partial charge is 0.472 e. The molecule has 0 N–H and O–H groups in total. The van der Waals surface area contributed by atoms with Crippen LogP contribution in [0.15, 0.2) is 41.7 Å². The summed E-state index contributed by atoms with van der Waals surface area (Å²) in [4.78, 5) is 36.2. The highest BCUT2D eigenvalue weighted by atomic mass is 16.3. The molecule has 2 fully saturated rings. The Morgan fingerprint density at radius 3 is 2.73 bits per heavy atom. The topological polar surface area (TPSA) is 79.5 Å². The molecule has 7 nitrogen and oxygen atoms in total. The standard InChI is InChI=1S/C15H14N4O3/c20-14(10-1-2-22-8-10)18-5-11-6-19(15(21)13(11)7-18)12-3-16-9-17-4-12/h1-4,8-9,11,13H,5-7H2/t11-,13-/m0/s1. The number of nitrogens with zero attached hydrogens (tertiary/aromatic N) is 4. The number of fused-ring (bicyclic) bond motifs is 1. The highest BCUT2D eigenvalue weighted by Gasteiger charge is 2.48. The first kappa shape index (κ1) is 13.0. The van der Waals surface area contributed by atoms with Crippen LogP contribution < -0.4 is 4.90 Å². The molecule has 2 aliphatic heterocycles. The maximum atomic E-state index is 12.6. The second-order valence-electron chi connectivity index (χ2n) is 5.63. The van der Waals surface area contributed by atoms with Gasteiger partial charge in [0.2, 0.25) is 5.91 Å². The molecular weight excluding hydrogens is 284 g/mol. The third kappa shape index (κ3) is 1.97. The third-order valence-electron chi connectivity index (χ3n) is 4.36. The van der Waals surface area contributed by atoms with Crippen LogP contribution in [0.25, 0.3) is 0 Å². The molecule has 7 heteroatoms. The average molecular weight is 298 g/mol. The Labute approximate surface area is 126 Å². The summed E-state index contributed by atoms with van der Waals surface area (Å²) in [6, 6.07) is 1.64. The Balaban J connectivity index is 1.50. The molecule has 2 amide bonds. The van der Waals surface area contributed by atoms with Gasteiger partial charge >= 0.3 is 0 Å². The molecule has 0 saturated carbocycles. The SMILES string of the molecule is O=C(c1ccoc1)N1C[C@H]2CN(c3cncnc3)C(=O)[C@H]2C1. The molecule has 0 aromatic carbocycles. The van der Waals surface area contributed by atoms with Gasteiger partial charge in [-0.25, -0.2) is 9.97 Å². The van der Waals surface area contributed by atoms with Gasteiger partial charge in [0.05, 0.1) is 35.8 Å². The summed E-state index contributed by atoms with van der Waals surface area (Å²) in [5.41, 5.74) is 1.25. The van der Waals surface area contributed by atoms with Crippen molar-refractivity contribution in [3.63, 3.8) is 0 Å². The van der Waals surface area contributed by atoms with Crippen LogP contribution >= 0.6 is 0 Å². The van der Waals surface area contributed by atoms with Crippen molar-refractivity contribution in [2.75, 3.05) is 24.5 Å². The minimum Gasteiger partial charge on any atom is -0.472 e. The quantitative estimate of drug-likeness (QED) is 0.819. The molecule has 2 aromatic heterocycles. The van der Waals surface area contributed by atoms with Gasteiger partial charge in [-0.3, -0.25) is 9.59 Å². The highest BCUT2D eigenvalue weighted by Crippen LogP contribution is 2.35. The lowest BCUT2D eigenvalue weighted by atomic mass is 10.0. The van der Waals surface area contributed by atoms with Crippen molar-refractivity contribution in [1.82, 2.24) is 14.9 Å². The first-order valence-corrected chi connectivity index (χ1v) is 7.12. The predicted molar refractivity (Wildman–Crippen MR) is 76.0 cm³/mol. The normalized spacial score (nSPS) is 23.9. The molecule has 4 rings (SSSR count). The smallest absolute Gasteiger partial charge is 0.257 e. The van der Waals surface area contributed by atoms with E-state index in [4.69, 9.17) is 4.42 Å². The minimum absolute atomic E-state index is 0.0438. The van der Waals surface area contributed by atoms with E-state index < -0.39 is 0 Å². The van der Waals surface area contributed by atoms with Crippen LogP contribution in [0.4, 0.5) is 5.69 Å². The molecule has 2 aliphatic rings. The molecular formula is C15H14N4O3. The number of aromatic nitrogens is 2. The molecule has 2 aromatic rings. The predicted octanol–water partition coefficient (Wildman–Crippen LogP) is 0.805. The van der Waals surface area contributed by atoms with Crippen molar-refractivity contribution >= 4 is 17.5 Å². The van der Waals surface area contributed by atoms with E-state index >= 15 is 0 Å². The van der Waals surface area contributed by atoms with Crippen LogP contribution in [0.1, 0.15) is 10.4 Å². The van der Waals surface area contributed by atoms with E-state index in [9.17, 15) is 9.59 Å². The van der Waals surface area contributed by atoms with Crippen LogP contribution in [0.5, 0.6) is 0 Å². The molecule has 0 aliphatic carbocycles. The van der Waals surface area contributed by atoms with E-state index in [1.807, 2.05) is 0 Å². The minimum atomic E-state index is -0.143. The number of carbonyl (C=O) groups excluding carboxylic acids is 2. The molecule has 0 spiro atoms. The summed E-state index contributed by atoms with van der Waals surface area (Å²) in [6.45, 7) is 1.65. The van der Waals surface area contributed by atoms with Gasteiger partial charge < -0.3 is 14.2 Å². The fourth-order valence-electron chi connectivity index (χ4n) is 3.26. The van der Waals surface area contributed by atoms with Crippen molar-refractivity contribution in [1.29, 1.82) is 0 Å². The van der Waals surface area contributed by atoms with Crippen molar-refractivity contribution in [3.05, 3.63) is 42.9 Å². The Bertz CT molecular complexity index is 701. The van der Waals surface area contributed by atoms with Gasteiger partial charge in [0.15, 0.2) is 0 Å². The van der Waals surface area contributed by atoms with E-state index in [0.29, 0.717) is 25.2 Å². The molecule has 0 radical (unpaired) electrons. The zero-order valence-corrected chi connectivity index (χ0v) is 11.8. The zero-order valence-electron chi connectivity index (χ0n) is 11.8. The number of furan rings is 1. The van der Waals surface area contributed by atoms with Crippen molar-refractivity contribution in [3.8, 4) is 0 Å². The van der Waals surface area contributed by atoms with Crippen LogP contribution in [-0.4, -0.2) is 46.3 Å². The first-order valence-electron chi connectivity index (χ1n) is 7.12. The van der Waals surface area contributed by atoms with Crippen molar-refractivity contribution in [2.45, 2.75) is 0 Å². The van der Waals surface area contributed by atoms with Gasteiger partial charge in [-0.05, 0) is 6.07 Å². The van der Waals surface area contributed by atoms with Gasteiger partial charge in [0.1, 0.15) is 12.6 Å². The second-order valence-corrected chi connectivity index (χ2v) is 5.63. The van der Waals surface area contributed by atoms with E-state index in [-0.39, 0.29) is 23.7 Å². The highest BCUT2D eigenvalue weighted by molar-refractivity contribution is 5.99. The lowest BCUT2D eigenvalue weighted by molar-refractivity contribution is -0.120. The summed E-state index contributed by atoms with van der Waals surface area (Å²) in [5, 5.41) is 0. The summed E-state index contributed by atoms with van der Waals surface area (Å²) < 4.78 is 4.95. The van der Waals surface area contributed by atoms with E-state index in [0.717, 1.165) is 5.69 Å². The lowest BCUT2D eigenvalue weighted by Crippen LogP contribution is -2.35. The number of hydrogen-bond acceptors (Lipinski definition) is 5.